The van der Waals surface area contributed by atoms with Crippen molar-refractivity contribution < 1.29 is 39.1 Å². The van der Waals surface area contributed by atoms with Gasteiger partial charge in [-0.15, -0.1) is 0 Å². The van der Waals surface area contributed by atoms with Gasteiger partial charge in [0.1, 0.15) is 34.0 Å². The highest BCUT2D eigenvalue weighted by atomic mass is 16.5. The number of methoxy groups -OCH3 is 2. The number of carbonyl (C=O) groups excluding carboxylic acids is 1. The fraction of sp³-hybridized carbons (Fsp3) is 0.118. The van der Waals surface area contributed by atoms with E-state index in [4.69, 9.17) is 13.9 Å². The lowest BCUT2D eigenvalue weighted by Gasteiger charge is -2.09. The monoisotopic (exact) mass is 346 g/mol. The van der Waals surface area contributed by atoms with E-state index in [0.29, 0.717) is 0 Å². The van der Waals surface area contributed by atoms with Crippen LogP contribution in [0.25, 0.3) is 22.3 Å². The van der Waals surface area contributed by atoms with Crippen molar-refractivity contribution in [2.45, 2.75) is 0 Å². The molecule has 0 saturated heterocycles. The number of ether oxygens (including phenoxy) is 2. The highest BCUT2D eigenvalue weighted by Gasteiger charge is 2.28. The van der Waals surface area contributed by atoms with Crippen molar-refractivity contribution in [3.63, 3.8) is 0 Å². The highest BCUT2D eigenvalue weighted by molar-refractivity contribution is 6.10. The molecular formula is C17H14O8. The predicted octanol–water partition coefficient (Wildman–Crippen LogP) is 2.72. The summed E-state index contributed by atoms with van der Waals surface area (Å²) in [6.07, 6.45) is 0. The van der Waals surface area contributed by atoms with Gasteiger partial charge in [-0.1, -0.05) is 0 Å². The number of hydrogen-bond acceptors (Lipinski definition) is 8. The Morgan fingerprint density at radius 2 is 1.52 bits per heavy atom. The molecule has 0 unspecified atom stereocenters. The minimum Gasteiger partial charge on any atom is -0.507 e. The molecule has 1 heterocycles. The fourth-order valence-corrected chi connectivity index (χ4v) is 2.54. The maximum Gasteiger partial charge on any atom is 0.342 e. The van der Waals surface area contributed by atoms with Crippen molar-refractivity contribution >= 4 is 16.9 Å². The van der Waals surface area contributed by atoms with Crippen LogP contribution < -0.4 is 4.74 Å². The highest BCUT2D eigenvalue weighted by Crippen LogP contribution is 2.46. The van der Waals surface area contributed by atoms with E-state index in [-0.39, 0.29) is 33.6 Å². The Labute approximate surface area is 141 Å². The summed E-state index contributed by atoms with van der Waals surface area (Å²) in [5.41, 5.74) is -0.222. The van der Waals surface area contributed by atoms with E-state index < -0.39 is 29.0 Å². The molecule has 25 heavy (non-hydrogen) atoms. The van der Waals surface area contributed by atoms with Gasteiger partial charge in [-0.3, -0.25) is 0 Å². The lowest BCUT2D eigenvalue weighted by Crippen LogP contribution is -2.02. The normalized spacial score (nSPS) is 10.8. The molecule has 0 aliphatic heterocycles. The van der Waals surface area contributed by atoms with E-state index in [1.54, 1.807) is 0 Å². The molecule has 0 aliphatic carbocycles. The van der Waals surface area contributed by atoms with E-state index in [1.165, 1.54) is 19.2 Å². The van der Waals surface area contributed by atoms with Crippen LogP contribution in [0.2, 0.25) is 0 Å². The first-order valence-corrected chi connectivity index (χ1v) is 7.04. The Kier molecular flexibility index (Phi) is 3.80. The SMILES string of the molecule is COC(=O)c1c(-c2c(O)cc(OC)cc2O)oc2cc(O)c(O)cc12. The third-order valence-electron chi connectivity index (χ3n) is 3.71. The second-order valence-electron chi connectivity index (χ2n) is 5.18. The number of esters is 1. The Morgan fingerprint density at radius 3 is 2.08 bits per heavy atom. The standard InChI is InChI=1S/C17H14O8/c1-23-7-3-11(20)15(12(21)4-7)16-14(17(22)24-2)8-5-9(18)10(19)6-13(8)25-16/h3-6,18-21H,1-2H3. The Morgan fingerprint density at radius 1 is 0.920 bits per heavy atom. The van der Waals surface area contributed by atoms with Gasteiger partial charge >= 0.3 is 5.97 Å². The molecule has 0 spiro atoms. The van der Waals surface area contributed by atoms with E-state index in [9.17, 15) is 25.2 Å². The zero-order chi connectivity index (χ0) is 18.3. The molecule has 0 atom stereocenters. The number of aromatic hydroxyl groups is 4. The summed E-state index contributed by atoms with van der Waals surface area (Å²) in [5, 5.41) is 39.9. The van der Waals surface area contributed by atoms with Gasteiger partial charge in [0.2, 0.25) is 0 Å². The zero-order valence-electron chi connectivity index (χ0n) is 13.2. The third-order valence-corrected chi connectivity index (χ3v) is 3.71. The van der Waals surface area contributed by atoms with Gasteiger partial charge in [0.05, 0.1) is 14.2 Å². The minimum atomic E-state index is -0.812. The van der Waals surface area contributed by atoms with Crippen molar-refractivity contribution in [3.05, 3.63) is 29.8 Å². The summed E-state index contributed by atoms with van der Waals surface area (Å²) in [6.45, 7) is 0. The third kappa shape index (κ3) is 2.53. The molecule has 8 nitrogen and oxygen atoms in total. The van der Waals surface area contributed by atoms with Crippen LogP contribution in [0.5, 0.6) is 28.7 Å². The second-order valence-corrected chi connectivity index (χ2v) is 5.18. The molecule has 130 valence electrons. The molecule has 0 radical (unpaired) electrons. The largest absolute Gasteiger partial charge is 0.507 e. The first-order valence-electron chi connectivity index (χ1n) is 7.04. The van der Waals surface area contributed by atoms with Gasteiger partial charge in [-0.2, -0.15) is 0 Å². The number of hydrogen-bond donors (Lipinski definition) is 4. The van der Waals surface area contributed by atoms with Crippen molar-refractivity contribution in [2.75, 3.05) is 14.2 Å². The van der Waals surface area contributed by atoms with E-state index in [2.05, 4.69) is 0 Å². The molecule has 0 bridgehead atoms. The number of carbonyl (C=O) groups is 1. The van der Waals surface area contributed by atoms with Gasteiger partial charge in [-0.05, 0) is 6.07 Å². The topological polar surface area (TPSA) is 130 Å². The summed E-state index contributed by atoms with van der Waals surface area (Å²) in [6, 6.07) is 4.70. The van der Waals surface area contributed by atoms with Crippen molar-refractivity contribution in [1.29, 1.82) is 0 Å². The van der Waals surface area contributed by atoms with Crippen LogP contribution in [0.1, 0.15) is 10.4 Å². The van der Waals surface area contributed by atoms with Crippen LogP contribution in [-0.4, -0.2) is 40.6 Å². The molecular weight excluding hydrogens is 332 g/mol. The van der Waals surface area contributed by atoms with E-state index in [1.807, 2.05) is 0 Å². The molecule has 0 aliphatic rings. The second kappa shape index (κ2) is 5.82. The smallest absolute Gasteiger partial charge is 0.342 e. The van der Waals surface area contributed by atoms with E-state index >= 15 is 0 Å². The molecule has 3 rings (SSSR count). The Balaban J connectivity index is 2.39. The van der Waals surface area contributed by atoms with Crippen LogP contribution >= 0.6 is 0 Å². The lowest BCUT2D eigenvalue weighted by molar-refractivity contribution is 0.0603. The molecule has 1 aromatic heterocycles. The number of benzene rings is 2. The summed E-state index contributed by atoms with van der Waals surface area (Å²) in [4.78, 5) is 12.2. The first kappa shape index (κ1) is 16.3. The van der Waals surface area contributed by atoms with Gasteiger partial charge in [0.25, 0.3) is 0 Å². The van der Waals surface area contributed by atoms with Crippen molar-refractivity contribution in [2.24, 2.45) is 0 Å². The van der Waals surface area contributed by atoms with Gasteiger partial charge < -0.3 is 34.3 Å². The van der Waals surface area contributed by atoms with Crippen LogP contribution in [0.15, 0.2) is 28.7 Å². The summed E-state index contributed by atoms with van der Waals surface area (Å²) < 4.78 is 15.2. The fourth-order valence-electron chi connectivity index (χ4n) is 2.54. The first-order chi connectivity index (χ1) is 11.9. The molecule has 4 N–H and O–H groups in total. The van der Waals surface area contributed by atoms with Crippen LogP contribution in [-0.2, 0) is 4.74 Å². The van der Waals surface area contributed by atoms with Gasteiger partial charge in [-0.25, -0.2) is 4.79 Å². The average Bonchev–Trinajstić information content (AvgIpc) is 2.91. The molecule has 0 saturated carbocycles. The van der Waals surface area contributed by atoms with Crippen LogP contribution in [0.3, 0.4) is 0 Å². The van der Waals surface area contributed by atoms with Crippen LogP contribution in [0.4, 0.5) is 0 Å². The number of rotatable bonds is 3. The number of phenolic OH excluding ortho intramolecular Hbond substituents is 4. The summed E-state index contributed by atoms with van der Waals surface area (Å²) >= 11 is 0. The molecule has 8 heteroatoms. The minimum absolute atomic E-state index is 0.0559. The number of fused-ring (bicyclic) bond motifs is 1. The number of furan rings is 1. The van der Waals surface area contributed by atoms with Crippen molar-refractivity contribution in [3.8, 4) is 40.1 Å². The van der Waals surface area contributed by atoms with Gasteiger partial charge in [0.15, 0.2) is 17.3 Å². The maximum atomic E-state index is 12.2. The number of phenols is 4. The predicted molar refractivity (Wildman–Crippen MR) is 86.2 cm³/mol. The van der Waals surface area contributed by atoms with Crippen molar-refractivity contribution in [1.82, 2.24) is 0 Å². The summed E-state index contributed by atoms with van der Waals surface area (Å²) in [7, 11) is 2.51. The average molecular weight is 346 g/mol. The molecule has 3 aromatic rings. The molecule has 0 fully saturated rings. The zero-order valence-corrected chi connectivity index (χ0v) is 13.2. The van der Waals surface area contributed by atoms with Gasteiger partial charge in [0, 0.05) is 23.6 Å². The molecule has 2 aromatic carbocycles. The Hall–Kier alpha value is -3.55. The Bertz CT molecular complexity index is 963. The maximum absolute atomic E-state index is 12.2. The van der Waals surface area contributed by atoms with Crippen LogP contribution in [0, 0.1) is 0 Å². The summed E-state index contributed by atoms with van der Waals surface area (Å²) in [5.74, 6) is -2.49. The quantitative estimate of drug-likeness (QED) is 0.421. The molecule has 0 amide bonds. The van der Waals surface area contributed by atoms with E-state index in [0.717, 1.165) is 19.2 Å². The lowest BCUT2D eigenvalue weighted by atomic mass is 10.0.